The zero-order valence-electron chi connectivity index (χ0n) is 13.8. The molecule has 0 fully saturated rings. The molecule has 0 atom stereocenters. The Morgan fingerprint density at radius 1 is 1.24 bits per heavy atom. The van der Waals surface area contributed by atoms with Crippen LogP contribution in [0.3, 0.4) is 0 Å². The van der Waals surface area contributed by atoms with Crippen molar-refractivity contribution < 1.29 is 8.42 Å². The van der Waals surface area contributed by atoms with Crippen LogP contribution in [0.1, 0.15) is 18.2 Å². The number of rotatable bonds is 6. The van der Waals surface area contributed by atoms with Gasteiger partial charge < -0.3 is 0 Å². The van der Waals surface area contributed by atoms with Crippen molar-refractivity contribution in [1.82, 2.24) is 19.6 Å². The summed E-state index contributed by atoms with van der Waals surface area (Å²) >= 11 is 5.97. The maximum atomic E-state index is 12.5. The monoisotopic (exact) mass is 379 g/mol. The smallest absolute Gasteiger partial charge is 0.265 e. The van der Waals surface area contributed by atoms with Gasteiger partial charge in [0, 0.05) is 24.0 Å². The van der Waals surface area contributed by atoms with Crippen molar-refractivity contribution in [2.75, 3.05) is 4.72 Å². The van der Waals surface area contributed by atoms with E-state index in [2.05, 4.69) is 14.9 Å². The van der Waals surface area contributed by atoms with Crippen molar-refractivity contribution in [3.05, 3.63) is 59.1 Å². The minimum absolute atomic E-state index is 0.164. The molecule has 9 heteroatoms. The Kier molecular flexibility index (Phi) is 4.82. The van der Waals surface area contributed by atoms with Crippen LogP contribution in [0.15, 0.2) is 47.8 Å². The largest absolute Gasteiger partial charge is 0.276 e. The molecule has 0 unspecified atom stereocenters. The summed E-state index contributed by atoms with van der Waals surface area (Å²) in [4.78, 5) is 0.164. The molecule has 132 valence electrons. The molecule has 1 aromatic carbocycles. The van der Waals surface area contributed by atoms with Gasteiger partial charge in [0.1, 0.15) is 4.90 Å². The van der Waals surface area contributed by atoms with Crippen LogP contribution in [0.25, 0.3) is 0 Å². The van der Waals surface area contributed by atoms with Crippen molar-refractivity contribution in [3.63, 3.8) is 0 Å². The van der Waals surface area contributed by atoms with Gasteiger partial charge in [0.05, 0.1) is 24.1 Å². The molecule has 25 heavy (non-hydrogen) atoms. The van der Waals surface area contributed by atoms with E-state index in [1.165, 1.54) is 12.4 Å². The Morgan fingerprint density at radius 3 is 2.72 bits per heavy atom. The summed E-state index contributed by atoms with van der Waals surface area (Å²) in [7, 11) is -3.71. The fraction of sp³-hybridized carbons (Fsp3) is 0.250. The molecule has 0 aliphatic carbocycles. The first-order valence-electron chi connectivity index (χ1n) is 7.71. The number of halogens is 1. The highest BCUT2D eigenvalue weighted by Gasteiger charge is 2.21. The second-order valence-electron chi connectivity index (χ2n) is 5.60. The number of hydrogen-bond donors (Lipinski definition) is 1. The van der Waals surface area contributed by atoms with Gasteiger partial charge in [-0.25, -0.2) is 8.42 Å². The first kappa shape index (κ1) is 17.5. The first-order valence-corrected chi connectivity index (χ1v) is 9.57. The molecule has 7 nitrogen and oxygen atoms in total. The van der Waals surface area contributed by atoms with Gasteiger partial charge in [-0.1, -0.05) is 23.7 Å². The minimum atomic E-state index is -3.71. The third kappa shape index (κ3) is 4.02. The first-order chi connectivity index (χ1) is 11.9. The van der Waals surface area contributed by atoms with E-state index in [9.17, 15) is 8.42 Å². The zero-order chi connectivity index (χ0) is 18.0. The van der Waals surface area contributed by atoms with Gasteiger partial charge in [0.2, 0.25) is 0 Å². The lowest BCUT2D eigenvalue weighted by atomic mass is 10.2. The number of anilines is 1. The van der Waals surface area contributed by atoms with E-state index in [-0.39, 0.29) is 4.90 Å². The lowest BCUT2D eigenvalue weighted by molar-refractivity contribution is 0.600. The van der Waals surface area contributed by atoms with Gasteiger partial charge in [0.15, 0.2) is 0 Å². The molecule has 1 N–H and O–H groups in total. The number of nitrogens with zero attached hydrogens (tertiary/aromatic N) is 4. The Balaban J connectivity index is 1.77. The van der Waals surface area contributed by atoms with Crippen molar-refractivity contribution in [3.8, 4) is 0 Å². The molecular weight excluding hydrogens is 362 g/mol. The highest BCUT2D eigenvalue weighted by Crippen LogP contribution is 2.19. The van der Waals surface area contributed by atoms with Crippen LogP contribution in [-0.4, -0.2) is 28.0 Å². The standard InChI is InChI=1S/C16H18ClN5O2S/c1-3-21-11-16(12(2)19-21)25(23,24)20-15-8-18-22(10-15)9-13-5-4-6-14(17)7-13/h4-8,10-11,20H,3,9H2,1-2H3. The molecule has 2 aromatic heterocycles. The van der Waals surface area contributed by atoms with Gasteiger partial charge >= 0.3 is 0 Å². The van der Waals surface area contributed by atoms with Crippen LogP contribution >= 0.6 is 11.6 Å². The quantitative estimate of drug-likeness (QED) is 0.713. The summed E-state index contributed by atoms with van der Waals surface area (Å²) in [6, 6.07) is 7.43. The van der Waals surface area contributed by atoms with Crippen LogP contribution in [0.2, 0.25) is 5.02 Å². The number of benzene rings is 1. The number of sulfonamides is 1. The molecular formula is C16H18ClN5O2S. The number of aromatic nitrogens is 4. The van der Waals surface area contributed by atoms with Gasteiger partial charge in [0.25, 0.3) is 10.0 Å². The third-order valence-electron chi connectivity index (χ3n) is 3.63. The van der Waals surface area contributed by atoms with E-state index < -0.39 is 10.0 Å². The maximum absolute atomic E-state index is 12.5. The SMILES string of the molecule is CCn1cc(S(=O)(=O)Nc2cnn(Cc3cccc(Cl)c3)c2)c(C)n1. The Labute approximate surface area is 151 Å². The van der Waals surface area contributed by atoms with Gasteiger partial charge in [-0.3, -0.25) is 14.1 Å². The number of hydrogen-bond acceptors (Lipinski definition) is 4. The van der Waals surface area contributed by atoms with Crippen LogP contribution in [0.4, 0.5) is 5.69 Å². The molecule has 3 aromatic rings. The normalized spacial score (nSPS) is 11.6. The third-order valence-corrected chi connectivity index (χ3v) is 5.35. The van der Waals surface area contributed by atoms with E-state index in [1.807, 2.05) is 25.1 Å². The molecule has 0 bridgehead atoms. The highest BCUT2D eigenvalue weighted by atomic mass is 35.5. The molecule has 0 amide bonds. The van der Waals surface area contributed by atoms with Crippen LogP contribution in [0, 0.1) is 6.92 Å². The highest BCUT2D eigenvalue weighted by molar-refractivity contribution is 7.92. The van der Waals surface area contributed by atoms with Crippen molar-refractivity contribution >= 4 is 27.3 Å². The summed E-state index contributed by atoms with van der Waals surface area (Å²) in [5.41, 5.74) is 1.83. The molecule has 0 spiro atoms. The molecule has 0 aliphatic heterocycles. The lowest BCUT2D eigenvalue weighted by Gasteiger charge is -2.04. The van der Waals surface area contributed by atoms with Crippen LogP contribution < -0.4 is 4.72 Å². The lowest BCUT2D eigenvalue weighted by Crippen LogP contribution is -2.13. The molecule has 0 saturated carbocycles. The molecule has 0 radical (unpaired) electrons. The fourth-order valence-electron chi connectivity index (χ4n) is 2.46. The maximum Gasteiger partial charge on any atom is 0.265 e. The minimum Gasteiger partial charge on any atom is -0.276 e. The van der Waals surface area contributed by atoms with E-state index in [4.69, 9.17) is 11.6 Å². The molecule has 0 aliphatic rings. The Bertz CT molecular complexity index is 994. The van der Waals surface area contributed by atoms with Gasteiger partial charge in [-0.2, -0.15) is 10.2 Å². The van der Waals surface area contributed by atoms with Crippen molar-refractivity contribution in [1.29, 1.82) is 0 Å². The predicted octanol–water partition coefficient (Wildman–Crippen LogP) is 2.91. The van der Waals surface area contributed by atoms with Crippen molar-refractivity contribution in [2.45, 2.75) is 31.8 Å². The average Bonchev–Trinajstić information content (AvgIpc) is 3.13. The Hall–Kier alpha value is -2.32. The summed E-state index contributed by atoms with van der Waals surface area (Å²) in [6.07, 6.45) is 4.63. The predicted molar refractivity (Wildman–Crippen MR) is 96.2 cm³/mol. The summed E-state index contributed by atoms with van der Waals surface area (Å²) < 4.78 is 30.9. The molecule has 2 heterocycles. The van der Waals surface area contributed by atoms with E-state index in [0.29, 0.717) is 29.5 Å². The molecule has 0 saturated heterocycles. The second-order valence-corrected chi connectivity index (χ2v) is 7.68. The van der Waals surface area contributed by atoms with E-state index in [1.54, 1.807) is 28.6 Å². The summed E-state index contributed by atoms with van der Waals surface area (Å²) in [5, 5.41) is 9.01. The molecule has 3 rings (SSSR count). The van der Waals surface area contributed by atoms with Crippen LogP contribution in [0.5, 0.6) is 0 Å². The van der Waals surface area contributed by atoms with Crippen molar-refractivity contribution in [2.24, 2.45) is 0 Å². The van der Waals surface area contributed by atoms with E-state index in [0.717, 1.165) is 5.56 Å². The van der Waals surface area contributed by atoms with Gasteiger partial charge in [-0.05, 0) is 31.5 Å². The van der Waals surface area contributed by atoms with Gasteiger partial charge in [-0.15, -0.1) is 0 Å². The summed E-state index contributed by atoms with van der Waals surface area (Å²) in [6.45, 7) is 4.67. The number of aryl methyl sites for hydroxylation is 2. The average molecular weight is 380 g/mol. The second kappa shape index (κ2) is 6.89. The topological polar surface area (TPSA) is 81.8 Å². The van der Waals surface area contributed by atoms with Crippen LogP contribution in [-0.2, 0) is 23.1 Å². The zero-order valence-corrected chi connectivity index (χ0v) is 15.4. The Morgan fingerprint density at radius 2 is 2.04 bits per heavy atom. The van der Waals surface area contributed by atoms with E-state index >= 15 is 0 Å². The fourth-order valence-corrected chi connectivity index (χ4v) is 3.89. The summed E-state index contributed by atoms with van der Waals surface area (Å²) in [5.74, 6) is 0. The number of nitrogens with one attached hydrogen (secondary N) is 1.